The summed E-state index contributed by atoms with van der Waals surface area (Å²) in [6.07, 6.45) is 3.09. The molecule has 0 spiro atoms. The van der Waals surface area contributed by atoms with Gasteiger partial charge in [0, 0.05) is 4.88 Å². The van der Waals surface area contributed by atoms with Crippen molar-refractivity contribution in [2.24, 2.45) is 0 Å². The van der Waals surface area contributed by atoms with Crippen LogP contribution in [0.15, 0.2) is 29.1 Å². The standard InChI is InChI=1S/C18H16N2O3S/c1-10-19-16-15(13-6-3-7-14(13)24-16)17(21)20(10)9-11-4-2-5-12(8-11)18(22)23/h2,4-5,8H,3,6-7,9H2,1H3,(H,22,23). The van der Waals surface area contributed by atoms with E-state index in [4.69, 9.17) is 5.11 Å². The topological polar surface area (TPSA) is 72.2 Å². The largest absolute Gasteiger partial charge is 0.478 e. The van der Waals surface area contributed by atoms with Crippen molar-refractivity contribution < 1.29 is 9.90 Å². The first-order chi connectivity index (χ1) is 11.5. The van der Waals surface area contributed by atoms with E-state index >= 15 is 0 Å². The number of hydrogen-bond donors (Lipinski definition) is 1. The number of aromatic nitrogens is 2. The Morgan fingerprint density at radius 3 is 3.00 bits per heavy atom. The SMILES string of the molecule is Cc1nc2sc3c(c2c(=O)n1Cc1cccc(C(=O)O)c1)CCC3. The number of benzene rings is 1. The van der Waals surface area contributed by atoms with E-state index in [-0.39, 0.29) is 11.1 Å². The normalized spacial score (nSPS) is 13.4. The molecular formula is C18H16N2O3S. The zero-order valence-electron chi connectivity index (χ0n) is 13.2. The van der Waals surface area contributed by atoms with E-state index in [0.717, 1.165) is 35.0 Å². The Labute approximate surface area is 142 Å². The van der Waals surface area contributed by atoms with Crippen LogP contribution in [-0.4, -0.2) is 20.6 Å². The lowest BCUT2D eigenvalue weighted by molar-refractivity contribution is 0.0696. The van der Waals surface area contributed by atoms with Crippen LogP contribution in [0.4, 0.5) is 0 Å². The summed E-state index contributed by atoms with van der Waals surface area (Å²) in [7, 11) is 0. The highest BCUT2D eigenvalue weighted by Crippen LogP contribution is 2.34. The number of aromatic carboxylic acids is 1. The lowest BCUT2D eigenvalue weighted by Gasteiger charge is -2.10. The summed E-state index contributed by atoms with van der Waals surface area (Å²) >= 11 is 1.63. The summed E-state index contributed by atoms with van der Waals surface area (Å²) in [5.41, 5.74) is 2.16. The van der Waals surface area contributed by atoms with Gasteiger partial charge < -0.3 is 5.11 Å². The van der Waals surface area contributed by atoms with E-state index in [1.54, 1.807) is 34.1 Å². The van der Waals surface area contributed by atoms with Gasteiger partial charge in [0.1, 0.15) is 10.7 Å². The molecule has 1 N–H and O–H groups in total. The zero-order valence-corrected chi connectivity index (χ0v) is 14.0. The summed E-state index contributed by atoms with van der Waals surface area (Å²) in [6, 6.07) is 6.69. The second-order valence-electron chi connectivity index (χ2n) is 6.09. The molecule has 4 rings (SSSR count). The molecule has 0 saturated carbocycles. The molecule has 1 aromatic carbocycles. The molecule has 0 radical (unpaired) electrons. The predicted octanol–water partition coefficient (Wildman–Crippen LogP) is 3.00. The Hall–Kier alpha value is -2.47. The highest BCUT2D eigenvalue weighted by Gasteiger charge is 2.22. The lowest BCUT2D eigenvalue weighted by atomic mass is 10.1. The number of fused-ring (bicyclic) bond motifs is 3. The second kappa shape index (κ2) is 5.56. The Morgan fingerprint density at radius 2 is 2.21 bits per heavy atom. The Kier molecular flexibility index (Phi) is 3.49. The highest BCUT2D eigenvalue weighted by atomic mass is 32.1. The second-order valence-corrected chi connectivity index (χ2v) is 7.18. The molecule has 1 aliphatic carbocycles. The van der Waals surface area contributed by atoms with E-state index in [1.165, 1.54) is 10.4 Å². The van der Waals surface area contributed by atoms with Crippen LogP contribution in [0.1, 0.15) is 38.6 Å². The van der Waals surface area contributed by atoms with Gasteiger partial charge in [-0.25, -0.2) is 9.78 Å². The lowest BCUT2D eigenvalue weighted by Crippen LogP contribution is -2.24. The summed E-state index contributed by atoms with van der Waals surface area (Å²) < 4.78 is 1.65. The maximum atomic E-state index is 13.0. The van der Waals surface area contributed by atoms with Crippen LogP contribution in [0.2, 0.25) is 0 Å². The first-order valence-corrected chi connectivity index (χ1v) is 8.70. The molecule has 0 bridgehead atoms. The molecule has 0 unspecified atom stereocenters. The van der Waals surface area contributed by atoms with Gasteiger partial charge in [-0.15, -0.1) is 11.3 Å². The molecule has 0 saturated heterocycles. The van der Waals surface area contributed by atoms with E-state index in [2.05, 4.69) is 4.98 Å². The zero-order chi connectivity index (χ0) is 16.8. The number of thiophene rings is 1. The molecule has 1 aliphatic rings. The van der Waals surface area contributed by atoms with Gasteiger partial charge in [0.05, 0.1) is 17.5 Å². The highest BCUT2D eigenvalue weighted by molar-refractivity contribution is 7.18. The fourth-order valence-corrected chi connectivity index (χ4v) is 4.65. The number of carboxylic acids is 1. The van der Waals surface area contributed by atoms with Crippen LogP contribution in [0, 0.1) is 6.92 Å². The molecule has 2 aromatic heterocycles. The van der Waals surface area contributed by atoms with Crippen molar-refractivity contribution in [1.29, 1.82) is 0 Å². The minimum Gasteiger partial charge on any atom is -0.478 e. The van der Waals surface area contributed by atoms with Gasteiger partial charge in [-0.3, -0.25) is 9.36 Å². The van der Waals surface area contributed by atoms with Gasteiger partial charge in [0.2, 0.25) is 0 Å². The van der Waals surface area contributed by atoms with Gasteiger partial charge in [0.25, 0.3) is 5.56 Å². The van der Waals surface area contributed by atoms with Crippen LogP contribution in [-0.2, 0) is 19.4 Å². The van der Waals surface area contributed by atoms with Gasteiger partial charge in [-0.2, -0.15) is 0 Å². The van der Waals surface area contributed by atoms with E-state index in [1.807, 2.05) is 13.0 Å². The van der Waals surface area contributed by atoms with Gasteiger partial charge >= 0.3 is 5.97 Å². The predicted molar refractivity (Wildman–Crippen MR) is 93.1 cm³/mol. The number of nitrogens with zero attached hydrogens (tertiary/aromatic N) is 2. The first kappa shape index (κ1) is 15.1. The number of aryl methyl sites for hydroxylation is 3. The third-order valence-corrected chi connectivity index (χ3v) is 5.72. The minimum absolute atomic E-state index is 0.0161. The number of carboxylic acid groups (broad SMARTS) is 1. The van der Waals surface area contributed by atoms with Gasteiger partial charge in [-0.05, 0) is 49.4 Å². The van der Waals surface area contributed by atoms with Gasteiger partial charge in [-0.1, -0.05) is 12.1 Å². The van der Waals surface area contributed by atoms with Crippen LogP contribution in [0.5, 0.6) is 0 Å². The molecule has 0 fully saturated rings. The molecule has 2 heterocycles. The monoisotopic (exact) mass is 340 g/mol. The van der Waals surface area contributed by atoms with Crippen LogP contribution in [0.25, 0.3) is 10.2 Å². The Bertz CT molecular complexity index is 1030. The van der Waals surface area contributed by atoms with Crippen LogP contribution >= 0.6 is 11.3 Å². The molecule has 0 aliphatic heterocycles. The van der Waals surface area contributed by atoms with Crippen molar-refractivity contribution in [3.05, 3.63) is 62.0 Å². The molecular weight excluding hydrogens is 324 g/mol. The summed E-state index contributed by atoms with van der Waals surface area (Å²) in [5.74, 6) is -0.307. The fourth-order valence-electron chi connectivity index (χ4n) is 3.35. The fraction of sp³-hybridized carbons (Fsp3) is 0.278. The average molecular weight is 340 g/mol. The molecule has 6 heteroatoms. The van der Waals surface area contributed by atoms with Crippen molar-refractivity contribution in [3.63, 3.8) is 0 Å². The third-order valence-electron chi connectivity index (χ3n) is 4.53. The average Bonchev–Trinajstić information content (AvgIpc) is 3.12. The smallest absolute Gasteiger partial charge is 0.335 e. The van der Waals surface area contributed by atoms with Crippen molar-refractivity contribution in [2.75, 3.05) is 0 Å². The molecule has 5 nitrogen and oxygen atoms in total. The number of rotatable bonds is 3. The van der Waals surface area contributed by atoms with E-state index in [0.29, 0.717) is 12.4 Å². The summed E-state index contributed by atoms with van der Waals surface area (Å²) in [5, 5.41) is 9.88. The molecule has 122 valence electrons. The van der Waals surface area contributed by atoms with Crippen molar-refractivity contribution in [1.82, 2.24) is 9.55 Å². The Balaban J connectivity index is 1.84. The van der Waals surface area contributed by atoms with Crippen molar-refractivity contribution in [2.45, 2.75) is 32.7 Å². The van der Waals surface area contributed by atoms with Crippen LogP contribution in [0.3, 0.4) is 0 Å². The third kappa shape index (κ3) is 2.34. The summed E-state index contributed by atoms with van der Waals surface area (Å²) in [6.45, 7) is 2.16. The quantitative estimate of drug-likeness (QED) is 0.795. The molecule has 24 heavy (non-hydrogen) atoms. The summed E-state index contributed by atoms with van der Waals surface area (Å²) in [4.78, 5) is 30.9. The maximum Gasteiger partial charge on any atom is 0.335 e. The maximum absolute atomic E-state index is 13.0. The van der Waals surface area contributed by atoms with Crippen molar-refractivity contribution >= 4 is 27.5 Å². The number of carbonyl (C=O) groups is 1. The Morgan fingerprint density at radius 1 is 1.38 bits per heavy atom. The van der Waals surface area contributed by atoms with Crippen molar-refractivity contribution in [3.8, 4) is 0 Å². The minimum atomic E-state index is -0.967. The van der Waals surface area contributed by atoms with Gasteiger partial charge in [0.15, 0.2) is 0 Å². The van der Waals surface area contributed by atoms with Crippen LogP contribution < -0.4 is 5.56 Å². The molecule has 0 atom stereocenters. The van der Waals surface area contributed by atoms with E-state index < -0.39 is 5.97 Å². The van der Waals surface area contributed by atoms with E-state index in [9.17, 15) is 9.59 Å². The number of hydrogen-bond acceptors (Lipinski definition) is 4. The molecule has 3 aromatic rings. The molecule has 0 amide bonds. The first-order valence-electron chi connectivity index (χ1n) is 7.88.